The van der Waals surface area contributed by atoms with Crippen molar-refractivity contribution in [2.75, 3.05) is 20.1 Å². The second-order valence-electron chi connectivity index (χ2n) is 7.59. The minimum absolute atomic E-state index is 0. The molecular weight excluding hydrogens is 489 g/mol. The van der Waals surface area contributed by atoms with Crippen molar-refractivity contribution < 1.29 is 0 Å². The highest BCUT2D eigenvalue weighted by Crippen LogP contribution is 2.22. The van der Waals surface area contributed by atoms with E-state index in [-0.39, 0.29) is 35.6 Å². The molecule has 1 aromatic carbocycles. The van der Waals surface area contributed by atoms with Crippen LogP contribution in [-0.2, 0) is 13.6 Å². The molecular formula is C22H38IN7. The lowest BCUT2D eigenvalue weighted by Gasteiger charge is -2.35. The molecule has 0 radical (unpaired) electrons. The molecule has 1 unspecified atom stereocenters. The van der Waals surface area contributed by atoms with Crippen LogP contribution in [0.2, 0.25) is 0 Å². The molecule has 2 aromatic rings. The molecule has 0 fully saturated rings. The summed E-state index contributed by atoms with van der Waals surface area (Å²) < 4.78 is 1.80. The highest BCUT2D eigenvalue weighted by Gasteiger charge is 2.28. The predicted molar refractivity (Wildman–Crippen MR) is 135 cm³/mol. The molecule has 2 rings (SSSR count). The number of benzene rings is 1. The Morgan fingerprint density at radius 3 is 2.40 bits per heavy atom. The quantitative estimate of drug-likeness (QED) is 0.280. The van der Waals surface area contributed by atoms with Gasteiger partial charge in [0.2, 0.25) is 0 Å². The molecule has 2 N–H and O–H groups in total. The first-order chi connectivity index (χ1) is 13.9. The maximum absolute atomic E-state index is 5.00. The van der Waals surface area contributed by atoms with Crippen LogP contribution in [0.25, 0.3) is 0 Å². The van der Waals surface area contributed by atoms with Gasteiger partial charge >= 0.3 is 0 Å². The number of nitrogens with zero attached hydrogens (tertiary/aromatic N) is 5. The van der Waals surface area contributed by atoms with Gasteiger partial charge < -0.3 is 15.5 Å². The average Bonchev–Trinajstić information content (AvgIpc) is 3.14. The molecule has 1 aromatic heterocycles. The fourth-order valence-corrected chi connectivity index (χ4v) is 3.45. The molecule has 168 valence electrons. The van der Waals surface area contributed by atoms with E-state index in [1.165, 1.54) is 5.56 Å². The van der Waals surface area contributed by atoms with E-state index in [1.54, 1.807) is 11.0 Å². The number of hydrogen-bond donors (Lipinski definition) is 2. The van der Waals surface area contributed by atoms with Crippen LogP contribution in [0.5, 0.6) is 0 Å². The number of aromatic nitrogens is 3. The van der Waals surface area contributed by atoms with Crippen LogP contribution in [-0.4, -0.2) is 51.3 Å². The molecule has 0 aliphatic carbocycles. The summed E-state index contributed by atoms with van der Waals surface area (Å²) in [6, 6.07) is 10.9. The van der Waals surface area contributed by atoms with Crippen molar-refractivity contribution in [1.29, 1.82) is 0 Å². The molecule has 0 spiro atoms. The van der Waals surface area contributed by atoms with Crippen molar-refractivity contribution in [3.63, 3.8) is 0 Å². The number of aryl methyl sites for hydroxylation is 1. The molecule has 0 aliphatic rings. The van der Waals surface area contributed by atoms with Gasteiger partial charge in [-0.2, -0.15) is 5.10 Å². The number of halogens is 1. The summed E-state index contributed by atoms with van der Waals surface area (Å²) in [5, 5.41) is 11.4. The first-order valence-electron chi connectivity index (χ1n) is 10.6. The molecule has 1 heterocycles. The topological polar surface area (TPSA) is 70.4 Å². The van der Waals surface area contributed by atoms with Gasteiger partial charge in [-0.05, 0) is 32.3 Å². The minimum atomic E-state index is -0.0540. The summed E-state index contributed by atoms with van der Waals surface area (Å²) in [4.78, 5) is 11.4. The number of guanidine groups is 1. The van der Waals surface area contributed by atoms with Crippen LogP contribution < -0.4 is 10.6 Å². The van der Waals surface area contributed by atoms with Crippen molar-refractivity contribution in [2.24, 2.45) is 12.0 Å². The van der Waals surface area contributed by atoms with Crippen molar-refractivity contribution >= 4 is 29.9 Å². The van der Waals surface area contributed by atoms with Gasteiger partial charge in [-0.1, -0.05) is 44.2 Å². The van der Waals surface area contributed by atoms with Gasteiger partial charge in [0.1, 0.15) is 12.2 Å². The smallest absolute Gasteiger partial charge is 0.194 e. The van der Waals surface area contributed by atoms with Crippen molar-refractivity contribution in [3.8, 4) is 0 Å². The van der Waals surface area contributed by atoms with Crippen LogP contribution in [0.15, 0.2) is 41.7 Å². The Labute approximate surface area is 198 Å². The molecule has 0 saturated carbocycles. The molecule has 8 heteroatoms. The summed E-state index contributed by atoms with van der Waals surface area (Å²) in [6.45, 7) is 11.0. The van der Waals surface area contributed by atoms with Gasteiger partial charge in [-0.25, -0.2) is 4.98 Å². The first kappa shape index (κ1) is 26.4. The normalized spacial score (nSPS) is 12.9. The zero-order valence-corrected chi connectivity index (χ0v) is 21.6. The van der Waals surface area contributed by atoms with E-state index >= 15 is 0 Å². The lowest BCUT2D eigenvalue weighted by atomic mass is 9.90. The van der Waals surface area contributed by atoms with Gasteiger partial charge in [0.25, 0.3) is 0 Å². The number of aliphatic imine (C=N–C) groups is 1. The molecule has 0 bridgehead atoms. The second kappa shape index (κ2) is 12.9. The van der Waals surface area contributed by atoms with Crippen molar-refractivity contribution in [3.05, 3.63) is 48.0 Å². The average molecular weight is 527 g/mol. The molecule has 0 amide bonds. The fourth-order valence-electron chi connectivity index (χ4n) is 3.45. The van der Waals surface area contributed by atoms with Gasteiger partial charge in [0.05, 0.1) is 13.1 Å². The third-order valence-corrected chi connectivity index (χ3v) is 5.59. The standard InChI is InChI=1S/C22H37N7.HI/c1-7-22(8-2,27-18(4)19-13-11-10-12-14-19)16-24-21(23-9-3)28(5)15-20-25-17-26-29(20)6;/h10-14,17-18,27H,7-9,15-16H2,1-6H3,(H,23,24);1H. The monoisotopic (exact) mass is 527 g/mol. The maximum Gasteiger partial charge on any atom is 0.194 e. The summed E-state index contributed by atoms with van der Waals surface area (Å²) in [7, 11) is 3.95. The van der Waals surface area contributed by atoms with E-state index in [0.29, 0.717) is 13.1 Å². The summed E-state index contributed by atoms with van der Waals surface area (Å²) >= 11 is 0. The zero-order chi connectivity index (χ0) is 21.3. The van der Waals surface area contributed by atoms with E-state index < -0.39 is 0 Å². The Morgan fingerprint density at radius 1 is 1.20 bits per heavy atom. The predicted octanol–water partition coefficient (Wildman–Crippen LogP) is 3.74. The molecule has 1 atom stereocenters. The van der Waals surface area contributed by atoms with E-state index in [9.17, 15) is 0 Å². The number of hydrogen-bond acceptors (Lipinski definition) is 4. The Bertz CT molecular complexity index is 756. The SMILES string of the molecule is CCNC(=NCC(CC)(CC)NC(C)c1ccccc1)N(C)Cc1ncnn1C.I. The molecule has 0 saturated heterocycles. The van der Waals surface area contributed by atoms with Crippen LogP contribution in [0, 0.1) is 0 Å². The maximum atomic E-state index is 5.00. The van der Waals surface area contributed by atoms with Crippen LogP contribution in [0.1, 0.15) is 58.0 Å². The van der Waals surface area contributed by atoms with Crippen LogP contribution >= 0.6 is 24.0 Å². The Morgan fingerprint density at radius 2 is 1.87 bits per heavy atom. The van der Waals surface area contributed by atoms with E-state index in [2.05, 4.69) is 83.6 Å². The Hall–Kier alpha value is -1.68. The molecule has 7 nitrogen and oxygen atoms in total. The highest BCUT2D eigenvalue weighted by atomic mass is 127. The van der Waals surface area contributed by atoms with Gasteiger partial charge in [0.15, 0.2) is 5.96 Å². The summed E-state index contributed by atoms with van der Waals surface area (Å²) in [5.41, 5.74) is 1.25. The first-order valence-corrected chi connectivity index (χ1v) is 10.6. The van der Waals surface area contributed by atoms with E-state index in [4.69, 9.17) is 4.99 Å². The third-order valence-electron chi connectivity index (χ3n) is 5.59. The zero-order valence-electron chi connectivity index (χ0n) is 19.2. The van der Waals surface area contributed by atoms with Gasteiger partial charge in [-0.15, -0.1) is 24.0 Å². The van der Waals surface area contributed by atoms with Crippen molar-refractivity contribution in [2.45, 2.75) is 58.7 Å². The van der Waals surface area contributed by atoms with E-state index in [1.807, 2.05) is 14.1 Å². The van der Waals surface area contributed by atoms with E-state index in [0.717, 1.165) is 31.2 Å². The fraction of sp³-hybridized carbons (Fsp3) is 0.591. The van der Waals surface area contributed by atoms with Gasteiger partial charge in [-0.3, -0.25) is 9.67 Å². The minimum Gasteiger partial charge on any atom is -0.357 e. The lowest BCUT2D eigenvalue weighted by molar-refractivity contribution is 0.279. The van der Waals surface area contributed by atoms with Crippen LogP contribution in [0.3, 0.4) is 0 Å². The lowest BCUT2D eigenvalue weighted by Crippen LogP contribution is -2.49. The second-order valence-corrected chi connectivity index (χ2v) is 7.59. The van der Waals surface area contributed by atoms with Crippen LogP contribution in [0.4, 0.5) is 0 Å². The van der Waals surface area contributed by atoms with Crippen molar-refractivity contribution in [1.82, 2.24) is 30.3 Å². The molecule has 0 aliphatic heterocycles. The number of nitrogens with one attached hydrogen (secondary N) is 2. The number of rotatable bonds is 10. The third kappa shape index (κ3) is 7.23. The molecule has 30 heavy (non-hydrogen) atoms. The Balaban J connectivity index is 0.00000450. The largest absolute Gasteiger partial charge is 0.357 e. The van der Waals surface area contributed by atoms with Gasteiger partial charge in [0, 0.05) is 32.2 Å². The summed E-state index contributed by atoms with van der Waals surface area (Å²) in [5.74, 6) is 1.79. The highest BCUT2D eigenvalue weighted by molar-refractivity contribution is 14.0. The summed E-state index contributed by atoms with van der Waals surface area (Å²) in [6.07, 6.45) is 3.61. The Kier molecular flexibility index (Phi) is 11.3.